The molecule has 0 unspecified atom stereocenters. The van der Waals surface area contributed by atoms with Crippen molar-refractivity contribution >= 4 is 28.9 Å². The third-order valence-electron chi connectivity index (χ3n) is 4.97. The number of carbonyl (C=O) groups excluding carboxylic acids is 1. The zero-order valence-corrected chi connectivity index (χ0v) is 17.1. The highest BCUT2D eigenvalue weighted by atomic mass is 32.1. The van der Waals surface area contributed by atoms with E-state index in [0.717, 1.165) is 30.8 Å². The number of carbonyl (C=O) groups is 1. The lowest BCUT2D eigenvalue weighted by atomic mass is 10.1. The first kappa shape index (κ1) is 19.6. The third kappa shape index (κ3) is 5.42. The van der Waals surface area contributed by atoms with Crippen molar-refractivity contribution in [2.45, 2.75) is 25.7 Å². The van der Waals surface area contributed by atoms with Crippen molar-refractivity contribution in [3.05, 3.63) is 46.7 Å². The molecule has 0 spiro atoms. The molecule has 2 aromatic heterocycles. The Balaban J connectivity index is 1.25. The van der Waals surface area contributed by atoms with Crippen molar-refractivity contribution < 1.29 is 9.21 Å². The number of nitrogens with zero attached hydrogens (tertiary/aromatic N) is 3. The smallest absolute Gasteiger partial charge is 0.315 e. The Hall–Kier alpha value is -2.71. The average Bonchev–Trinajstić information content (AvgIpc) is 3.45. The van der Waals surface area contributed by atoms with Gasteiger partial charge in [0, 0.05) is 23.2 Å². The molecule has 0 bridgehead atoms. The molecule has 1 aliphatic rings. The van der Waals surface area contributed by atoms with Crippen LogP contribution in [0.2, 0.25) is 0 Å². The van der Waals surface area contributed by atoms with Gasteiger partial charge in [-0.3, -0.25) is 4.79 Å². The van der Waals surface area contributed by atoms with Crippen LogP contribution in [0.5, 0.6) is 0 Å². The number of anilines is 2. The second-order valence-electron chi connectivity index (χ2n) is 7.14. The third-order valence-corrected chi connectivity index (χ3v) is 5.66. The number of hydrogen-bond donors (Lipinski definition) is 2. The largest absolute Gasteiger partial charge is 0.403 e. The summed E-state index contributed by atoms with van der Waals surface area (Å²) < 4.78 is 5.71. The summed E-state index contributed by atoms with van der Waals surface area (Å²) in [6.45, 7) is 4.35. The van der Waals surface area contributed by atoms with Crippen LogP contribution in [0.3, 0.4) is 0 Å². The van der Waals surface area contributed by atoms with E-state index in [2.05, 4.69) is 25.7 Å². The SMILES string of the molecule is O=C(Nc1ccc(-c2nnc(NCCCN3CCCCC3)o2)cc1)c1ccsc1. The predicted octanol–water partition coefficient (Wildman–Crippen LogP) is 4.34. The molecule has 1 aromatic carbocycles. The van der Waals surface area contributed by atoms with Crippen molar-refractivity contribution in [1.82, 2.24) is 15.1 Å². The Labute approximate surface area is 174 Å². The van der Waals surface area contributed by atoms with Crippen LogP contribution in [0.25, 0.3) is 11.5 Å². The molecule has 152 valence electrons. The van der Waals surface area contributed by atoms with Crippen molar-refractivity contribution in [2.24, 2.45) is 0 Å². The van der Waals surface area contributed by atoms with E-state index in [-0.39, 0.29) is 5.91 Å². The van der Waals surface area contributed by atoms with Crippen molar-refractivity contribution in [2.75, 3.05) is 36.8 Å². The van der Waals surface area contributed by atoms with Gasteiger partial charge in [0.1, 0.15) is 0 Å². The summed E-state index contributed by atoms with van der Waals surface area (Å²) in [6, 6.07) is 9.61. The summed E-state index contributed by atoms with van der Waals surface area (Å²) in [7, 11) is 0. The quantitative estimate of drug-likeness (QED) is 0.537. The van der Waals surface area contributed by atoms with Gasteiger partial charge in [0.2, 0.25) is 5.89 Å². The zero-order chi connectivity index (χ0) is 19.9. The normalized spacial score (nSPS) is 14.6. The molecule has 0 aliphatic carbocycles. The highest BCUT2D eigenvalue weighted by molar-refractivity contribution is 7.08. The van der Waals surface area contributed by atoms with Crippen LogP contribution in [-0.2, 0) is 0 Å². The lowest BCUT2D eigenvalue weighted by molar-refractivity contribution is 0.102. The Morgan fingerprint density at radius 1 is 1.10 bits per heavy atom. The molecule has 3 heterocycles. The first-order valence-corrected chi connectivity index (χ1v) is 11.0. The van der Waals surface area contributed by atoms with Crippen LogP contribution in [-0.4, -0.2) is 47.2 Å². The van der Waals surface area contributed by atoms with Gasteiger partial charge in [-0.15, -0.1) is 5.10 Å². The maximum atomic E-state index is 12.1. The van der Waals surface area contributed by atoms with E-state index in [4.69, 9.17) is 4.42 Å². The number of amides is 1. The molecule has 0 atom stereocenters. The van der Waals surface area contributed by atoms with Crippen molar-refractivity contribution in [1.29, 1.82) is 0 Å². The zero-order valence-electron chi connectivity index (χ0n) is 16.3. The fraction of sp³-hybridized carbons (Fsp3) is 0.381. The van der Waals surface area contributed by atoms with Gasteiger partial charge in [0.05, 0.1) is 5.56 Å². The number of thiophene rings is 1. The van der Waals surface area contributed by atoms with E-state index in [0.29, 0.717) is 17.5 Å². The molecular formula is C21H25N5O2S. The summed E-state index contributed by atoms with van der Waals surface area (Å²) in [5, 5.41) is 18.0. The number of rotatable bonds is 8. The maximum Gasteiger partial charge on any atom is 0.315 e. The van der Waals surface area contributed by atoms with E-state index in [1.807, 2.05) is 35.0 Å². The minimum atomic E-state index is -0.118. The van der Waals surface area contributed by atoms with Gasteiger partial charge in [-0.1, -0.05) is 11.5 Å². The Morgan fingerprint density at radius 3 is 2.69 bits per heavy atom. The number of hydrogen-bond acceptors (Lipinski definition) is 7. The van der Waals surface area contributed by atoms with Gasteiger partial charge in [0.25, 0.3) is 5.91 Å². The van der Waals surface area contributed by atoms with Gasteiger partial charge in [-0.25, -0.2) is 0 Å². The lowest BCUT2D eigenvalue weighted by Gasteiger charge is -2.26. The molecule has 2 N–H and O–H groups in total. The number of benzene rings is 1. The van der Waals surface area contributed by atoms with E-state index in [1.54, 1.807) is 6.07 Å². The molecule has 1 fully saturated rings. The first-order valence-electron chi connectivity index (χ1n) is 10.0. The van der Waals surface area contributed by atoms with Gasteiger partial charge in [-0.2, -0.15) is 11.3 Å². The van der Waals surface area contributed by atoms with Crippen molar-refractivity contribution in [3.63, 3.8) is 0 Å². The molecule has 29 heavy (non-hydrogen) atoms. The molecule has 3 aromatic rings. The average molecular weight is 412 g/mol. The summed E-state index contributed by atoms with van der Waals surface area (Å²) >= 11 is 1.50. The summed E-state index contributed by atoms with van der Waals surface area (Å²) in [5.74, 6) is 0.340. The van der Waals surface area contributed by atoms with Crippen LogP contribution >= 0.6 is 11.3 Å². The molecular weight excluding hydrogens is 386 g/mol. The summed E-state index contributed by atoms with van der Waals surface area (Å²) in [5.41, 5.74) is 2.19. The Morgan fingerprint density at radius 2 is 1.93 bits per heavy atom. The molecule has 4 rings (SSSR count). The molecule has 7 nitrogen and oxygen atoms in total. The van der Waals surface area contributed by atoms with Gasteiger partial charge in [-0.05, 0) is 74.6 Å². The fourth-order valence-electron chi connectivity index (χ4n) is 3.39. The van der Waals surface area contributed by atoms with Gasteiger partial charge < -0.3 is 20.0 Å². The number of likely N-dealkylation sites (tertiary alicyclic amines) is 1. The van der Waals surface area contributed by atoms with Crippen molar-refractivity contribution in [3.8, 4) is 11.5 Å². The maximum absolute atomic E-state index is 12.1. The minimum Gasteiger partial charge on any atom is -0.403 e. The van der Waals surface area contributed by atoms with Crippen LogP contribution in [0, 0.1) is 0 Å². The van der Waals surface area contributed by atoms with Gasteiger partial charge >= 0.3 is 6.01 Å². The van der Waals surface area contributed by atoms with E-state index >= 15 is 0 Å². The van der Waals surface area contributed by atoms with E-state index in [9.17, 15) is 4.79 Å². The molecule has 8 heteroatoms. The Kier molecular flexibility index (Phi) is 6.53. The van der Waals surface area contributed by atoms with Crippen LogP contribution in [0.4, 0.5) is 11.7 Å². The summed E-state index contributed by atoms with van der Waals surface area (Å²) in [4.78, 5) is 14.6. The minimum absolute atomic E-state index is 0.118. The fourth-order valence-corrected chi connectivity index (χ4v) is 4.02. The molecule has 1 aliphatic heterocycles. The second kappa shape index (κ2) is 9.67. The second-order valence-corrected chi connectivity index (χ2v) is 7.92. The Bertz CT molecular complexity index is 902. The standard InChI is InChI=1S/C21H25N5O2S/c27-19(17-9-14-29-15-17)23-18-7-5-16(6-8-18)20-24-25-21(28-20)22-10-4-13-26-11-2-1-3-12-26/h5-9,14-15H,1-4,10-13H2,(H,22,25)(H,23,27). The predicted molar refractivity (Wildman–Crippen MR) is 115 cm³/mol. The molecule has 1 saturated heterocycles. The van der Waals surface area contributed by atoms with E-state index < -0.39 is 0 Å². The number of piperidine rings is 1. The monoisotopic (exact) mass is 411 g/mol. The highest BCUT2D eigenvalue weighted by Crippen LogP contribution is 2.22. The first-order chi connectivity index (χ1) is 14.3. The molecule has 0 saturated carbocycles. The number of nitrogens with one attached hydrogen (secondary N) is 2. The van der Waals surface area contributed by atoms with Crippen LogP contribution in [0.1, 0.15) is 36.0 Å². The summed E-state index contributed by atoms with van der Waals surface area (Å²) in [6.07, 6.45) is 5.05. The number of aromatic nitrogens is 2. The van der Waals surface area contributed by atoms with Crippen LogP contribution < -0.4 is 10.6 Å². The lowest BCUT2D eigenvalue weighted by Crippen LogP contribution is -2.31. The highest BCUT2D eigenvalue weighted by Gasteiger charge is 2.11. The molecule has 0 radical (unpaired) electrons. The topological polar surface area (TPSA) is 83.3 Å². The molecule has 1 amide bonds. The van der Waals surface area contributed by atoms with E-state index in [1.165, 1.54) is 43.7 Å². The van der Waals surface area contributed by atoms with Gasteiger partial charge in [0.15, 0.2) is 0 Å². The van der Waals surface area contributed by atoms with Crippen LogP contribution in [0.15, 0.2) is 45.5 Å².